The summed E-state index contributed by atoms with van der Waals surface area (Å²) in [6, 6.07) is 0.0800. The van der Waals surface area contributed by atoms with E-state index in [-0.39, 0.29) is 12.6 Å². The number of likely N-dealkylation sites (tertiary alicyclic amines) is 1. The molecule has 0 aromatic carbocycles. The van der Waals surface area contributed by atoms with E-state index in [1.165, 1.54) is 0 Å². The Balaban J connectivity index is 2.36. The SMILES string of the molecule is CN(C)C(=O)N1CCC(CO)CC1. The van der Waals surface area contributed by atoms with Gasteiger partial charge in [-0.15, -0.1) is 0 Å². The molecular weight excluding hydrogens is 168 g/mol. The topological polar surface area (TPSA) is 43.8 Å². The first kappa shape index (κ1) is 10.3. The molecule has 2 amide bonds. The van der Waals surface area contributed by atoms with Crippen molar-refractivity contribution in [2.24, 2.45) is 5.92 Å². The van der Waals surface area contributed by atoms with E-state index in [4.69, 9.17) is 5.11 Å². The minimum absolute atomic E-state index is 0.0800. The third-order valence-corrected chi connectivity index (χ3v) is 2.53. The highest BCUT2D eigenvalue weighted by Gasteiger charge is 2.22. The number of carbonyl (C=O) groups excluding carboxylic acids is 1. The summed E-state index contributed by atoms with van der Waals surface area (Å²) < 4.78 is 0. The Labute approximate surface area is 79.1 Å². The number of rotatable bonds is 1. The molecule has 1 saturated heterocycles. The molecule has 4 heteroatoms. The van der Waals surface area contributed by atoms with Gasteiger partial charge in [0.25, 0.3) is 0 Å². The van der Waals surface area contributed by atoms with E-state index in [2.05, 4.69) is 0 Å². The maximum absolute atomic E-state index is 11.5. The number of hydrogen-bond donors (Lipinski definition) is 1. The minimum atomic E-state index is 0.0800. The number of nitrogens with zero attached hydrogens (tertiary/aromatic N) is 2. The third kappa shape index (κ3) is 2.59. The lowest BCUT2D eigenvalue weighted by Gasteiger charge is -2.32. The molecule has 0 aromatic rings. The predicted octanol–water partition coefficient (Wildman–Crippen LogP) is 0.372. The summed E-state index contributed by atoms with van der Waals surface area (Å²) in [4.78, 5) is 14.9. The van der Waals surface area contributed by atoms with Crippen LogP contribution < -0.4 is 0 Å². The van der Waals surface area contributed by atoms with Crippen molar-refractivity contribution in [3.63, 3.8) is 0 Å². The molecule has 0 saturated carbocycles. The maximum Gasteiger partial charge on any atom is 0.319 e. The summed E-state index contributed by atoms with van der Waals surface area (Å²) in [7, 11) is 3.53. The highest BCUT2D eigenvalue weighted by Crippen LogP contribution is 2.16. The molecule has 0 atom stereocenters. The average Bonchev–Trinajstić information content (AvgIpc) is 2.17. The van der Waals surface area contributed by atoms with Gasteiger partial charge in [-0.05, 0) is 18.8 Å². The molecule has 13 heavy (non-hydrogen) atoms. The van der Waals surface area contributed by atoms with Crippen LogP contribution in [0, 0.1) is 5.92 Å². The van der Waals surface area contributed by atoms with E-state index >= 15 is 0 Å². The second-order valence-corrected chi connectivity index (χ2v) is 3.79. The number of urea groups is 1. The molecule has 0 aromatic heterocycles. The van der Waals surface area contributed by atoms with E-state index in [0.717, 1.165) is 25.9 Å². The molecule has 0 spiro atoms. The zero-order chi connectivity index (χ0) is 9.84. The summed E-state index contributed by atoms with van der Waals surface area (Å²) >= 11 is 0. The fourth-order valence-electron chi connectivity index (χ4n) is 1.59. The van der Waals surface area contributed by atoms with Crippen LogP contribution in [0.4, 0.5) is 4.79 Å². The van der Waals surface area contributed by atoms with E-state index in [0.29, 0.717) is 5.92 Å². The molecule has 0 aliphatic carbocycles. The lowest BCUT2D eigenvalue weighted by Crippen LogP contribution is -2.44. The lowest BCUT2D eigenvalue weighted by atomic mass is 9.98. The van der Waals surface area contributed by atoms with Gasteiger partial charge in [0.2, 0.25) is 0 Å². The second kappa shape index (κ2) is 4.46. The zero-order valence-corrected chi connectivity index (χ0v) is 8.36. The zero-order valence-electron chi connectivity index (χ0n) is 8.36. The van der Waals surface area contributed by atoms with Crippen LogP contribution in [0.2, 0.25) is 0 Å². The number of aliphatic hydroxyl groups is 1. The molecule has 0 bridgehead atoms. The first-order valence-electron chi connectivity index (χ1n) is 4.72. The fourth-order valence-corrected chi connectivity index (χ4v) is 1.59. The lowest BCUT2D eigenvalue weighted by molar-refractivity contribution is 0.123. The van der Waals surface area contributed by atoms with Gasteiger partial charge in [-0.1, -0.05) is 0 Å². The quantitative estimate of drug-likeness (QED) is 0.643. The maximum atomic E-state index is 11.5. The summed E-state index contributed by atoms with van der Waals surface area (Å²) in [5, 5.41) is 8.91. The van der Waals surface area contributed by atoms with E-state index < -0.39 is 0 Å². The number of aliphatic hydroxyl groups excluding tert-OH is 1. The first-order chi connectivity index (χ1) is 6.15. The van der Waals surface area contributed by atoms with E-state index in [9.17, 15) is 4.79 Å². The fraction of sp³-hybridized carbons (Fsp3) is 0.889. The van der Waals surface area contributed by atoms with E-state index in [1.54, 1.807) is 19.0 Å². The van der Waals surface area contributed by atoms with Crippen molar-refractivity contribution in [3.8, 4) is 0 Å². The molecule has 1 rings (SSSR count). The number of hydrogen-bond acceptors (Lipinski definition) is 2. The van der Waals surface area contributed by atoms with E-state index in [1.807, 2.05) is 4.90 Å². The first-order valence-corrected chi connectivity index (χ1v) is 4.72. The van der Waals surface area contributed by atoms with Gasteiger partial charge >= 0.3 is 6.03 Å². The predicted molar refractivity (Wildman–Crippen MR) is 50.5 cm³/mol. The molecule has 0 unspecified atom stereocenters. The molecule has 4 nitrogen and oxygen atoms in total. The van der Waals surface area contributed by atoms with Crippen molar-refractivity contribution >= 4 is 6.03 Å². The van der Waals surface area contributed by atoms with Crippen LogP contribution in [0.5, 0.6) is 0 Å². The normalized spacial score (nSPS) is 18.8. The Morgan fingerprint density at radius 3 is 2.38 bits per heavy atom. The van der Waals surface area contributed by atoms with Gasteiger partial charge in [0, 0.05) is 33.8 Å². The molecule has 0 radical (unpaired) electrons. The minimum Gasteiger partial charge on any atom is -0.396 e. The van der Waals surface area contributed by atoms with Gasteiger partial charge in [-0.25, -0.2) is 4.79 Å². The van der Waals surface area contributed by atoms with Crippen LogP contribution >= 0.6 is 0 Å². The van der Waals surface area contributed by atoms with Gasteiger partial charge in [0.15, 0.2) is 0 Å². The van der Waals surface area contributed by atoms with Crippen molar-refractivity contribution < 1.29 is 9.90 Å². The summed E-state index contributed by atoms with van der Waals surface area (Å²) in [6.07, 6.45) is 1.85. The van der Waals surface area contributed by atoms with Gasteiger partial charge in [-0.2, -0.15) is 0 Å². The summed E-state index contributed by atoms with van der Waals surface area (Å²) in [6.45, 7) is 1.81. The van der Waals surface area contributed by atoms with Crippen LogP contribution in [-0.2, 0) is 0 Å². The number of piperidine rings is 1. The Kier molecular flexibility index (Phi) is 3.54. The Morgan fingerprint density at radius 1 is 1.46 bits per heavy atom. The molecule has 1 fully saturated rings. The standard InChI is InChI=1S/C9H18N2O2/c1-10(2)9(13)11-5-3-8(7-12)4-6-11/h8,12H,3-7H2,1-2H3. The summed E-state index contributed by atoms with van der Waals surface area (Å²) in [5.74, 6) is 0.395. The van der Waals surface area contributed by atoms with Gasteiger partial charge in [0.05, 0.1) is 0 Å². The highest BCUT2D eigenvalue weighted by atomic mass is 16.3. The largest absolute Gasteiger partial charge is 0.396 e. The molecule has 76 valence electrons. The van der Waals surface area contributed by atoms with Crippen LogP contribution in [-0.4, -0.2) is 54.7 Å². The molecule has 1 aliphatic heterocycles. The number of amides is 2. The van der Waals surface area contributed by atoms with Gasteiger partial charge < -0.3 is 14.9 Å². The Hall–Kier alpha value is -0.770. The Morgan fingerprint density at radius 2 is 2.00 bits per heavy atom. The molecule has 1 heterocycles. The van der Waals surface area contributed by atoms with Crippen LogP contribution in [0.25, 0.3) is 0 Å². The van der Waals surface area contributed by atoms with Crippen molar-refractivity contribution in [3.05, 3.63) is 0 Å². The van der Waals surface area contributed by atoms with Crippen LogP contribution in [0.3, 0.4) is 0 Å². The average molecular weight is 186 g/mol. The molecule has 1 N–H and O–H groups in total. The van der Waals surface area contributed by atoms with Crippen molar-refractivity contribution in [1.82, 2.24) is 9.80 Å². The third-order valence-electron chi connectivity index (χ3n) is 2.53. The number of carbonyl (C=O) groups is 1. The van der Waals surface area contributed by atoms with Gasteiger partial charge in [-0.3, -0.25) is 0 Å². The highest BCUT2D eigenvalue weighted by molar-refractivity contribution is 5.73. The molecular formula is C9H18N2O2. The van der Waals surface area contributed by atoms with Crippen molar-refractivity contribution in [2.75, 3.05) is 33.8 Å². The molecule has 1 aliphatic rings. The van der Waals surface area contributed by atoms with Gasteiger partial charge in [0.1, 0.15) is 0 Å². The smallest absolute Gasteiger partial charge is 0.319 e. The van der Waals surface area contributed by atoms with Crippen LogP contribution in [0.15, 0.2) is 0 Å². The van der Waals surface area contributed by atoms with Crippen molar-refractivity contribution in [2.45, 2.75) is 12.8 Å². The monoisotopic (exact) mass is 186 g/mol. The second-order valence-electron chi connectivity index (χ2n) is 3.79. The summed E-state index contributed by atoms with van der Waals surface area (Å²) in [5.41, 5.74) is 0. The van der Waals surface area contributed by atoms with Crippen molar-refractivity contribution in [1.29, 1.82) is 0 Å². The Bertz CT molecular complexity index is 174. The van der Waals surface area contributed by atoms with Crippen LogP contribution in [0.1, 0.15) is 12.8 Å².